The molecule has 1 heterocycles. The van der Waals surface area contributed by atoms with Crippen molar-refractivity contribution in [3.63, 3.8) is 0 Å². The molecule has 0 aliphatic carbocycles. The first kappa shape index (κ1) is 14.1. The number of halogens is 1. The number of anilines is 1. The number of fused-ring (bicyclic) bond motifs is 1. The lowest BCUT2D eigenvalue weighted by Gasteiger charge is -2.18. The van der Waals surface area contributed by atoms with E-state index in [1.165, 1.54) is 18.4 Å². The molecule has 1 unspecified atom stereocenters. The highest BCUT2D eigenvalue weighted by Gasteiger charge is 2.24. The fourth-order valence-corrected chi connectivity index (χ4v) is 2.93. The molecule has 1 aromatic heterocycles. The van der Waals surface area contributed by atoms with Gasteiger partial charge in [-0.15, -0.1) is 0 Å². The molecule has 0 aliphatic heterocycles. The molecule has 4 nitrogen and oxygen atoms in total. The van der Waals surface area contributed by atoms with Crippen LogP contribution in [0.1, 0.15) is 13.8 Å². The first-order valence-electron chi connectivity index (χ1n) is 5.92. The number of methoxy groups -OCH3 is 1. The van der Waals surface area contributed by atoms with Crippen LogP contribution in [-0.4, -0.2) is 24.1 Å². The number of nitrogens with one attached hydrogen (secondary N) is 1. The van der Waals surface area contributed by atoms with Crippen molar-refractivity contribution in [2.75, 3.05) is 12.4 Å². The van der Waals surface area contributed by atoms with Crippen LogP contribution in [0, 0.1) is 5.92 Å². The average Bonchev–Trinajstić information content (AvgIpc) is 2.79. The lowest BCUT2D eigenvalue weighted by atomic mass is 10.1. The SMILES string of the molecule is COC(=O)C(Nc1nc2cccc(Cl)c2s1)C(C)C. The van der Waals surface area contributed by atoms with Gasteiger partial charge in [-0.2, -0.15) is 0 Å². The van der Waals surface area contributed by atoms with Crippen molar-refractivity contribution >= 4 is 44.3 Å². The summed E-state index contributed by atoms with van der Waals surface area (Å²) in [7, 11) is 1.38. The molecule has 0 saturated carbocycles. The van der Waals surface area contributed by atoms with Gasteiger partial charge in [-0.3, -0.25) is 0 Å². The van der Waals surface area contributed by atoms with Gasteiger partial charge in [0.2, 0.25) is 0 Å². The molecule has 102 valence electrons. The zero-order valence-electron chi connectivity index (χ0n) is 10.9. The molecule has 1 atom stereocenters. The molecule has 0 amide bonds. The number of hydrogen-bond donors (Lipinski definition) is 1. The van der Waals surface area contributed by atoms with Crippen LogP contribution in [0.25, 0.3) is 10.2 Å². The molecule has 19 heavy (non-hydrogen) atoms. The number of thiazole rings is 1. The van der Waals surface area contributed by atoms with E-state index in [9.17, 15) is 4.79 Å². The number of rotatable bonds is 4. The second-order valence-corrected chi connectivity index (χ2v) is 5.90. The van der Waals surface area contributed by atoms with Gasteiger partial charge in [0.1, 0.15) is 6.04 Å². The Morgan fingerprint density at radius 2 is 2.21 bits per heavy atom. The van der Waals surface area contributed by atoms with Crippen molar-refractivity contribution < 1.29 is 9.53 Å². The second kappa shape index (κ2) is 5.75. The van der Waals surface area contributed by atoms with Crippen molar-refractivity contribution in [1.82, 2.24) is 4.98 Å². The lowest BCUT2D eigenvalue weighted by Crippen LogP contribution is -2.35. The minimum atomic E-state index is -0.413. The number of hydrogen-bond acceptors (Lipinski definition) is 5. The van der Waals surface area contributed by atoms with Crippen LogP contribution in [0.15, 0.2) is 18.2 Å². The summed E-state index contributed by atoms with van der Waals surface area (Å²) in [6, 6.07) is 5.16. The fraction of sp³-hybridized carbons (Fsp3) is 0.385. The Balaban J connectivity index is 2.29. The Morgan fingerprint density at radius 3 is 2.79 bits per heavy atom. The van der Waals surface area contributed by atoms with Crippen molar-refractivity contribution in [2.24, 2.45) is 5.92 Å². The number of aromatic nitrogens is 1. The smallest absolute Gasteiger partial charge is 0.328 e. The Kier molecular flexibility index (Phi) is 4.27. The average molecular weight is 299 g/mol. The van der Waals surface area contributed by atoms with Gasteiger partial charge in [0.05, 0.1) is 22.3 Å². The summed E-state index contributed by atoms with van der Waals surface area (Å²) < 4.78 is 5.71. The monoisotopic (exact) mass is 298 g/mol. The summed E-state index contributed by atoms with van der Waals surface area (Å²) in [6.45, 7) is 3.91. The molecule has 6 heteroatoms. The zero-order valence-corrected chi connectivity index (χ0v) is 12.5. The first-order valence-corrected chi connectivity index (χ1v) is 7.11. The maximum absolute atomic E-state index is 11.7. The van der Waals surface area contributed by atoms with Crippen LogP contribution in [0.4, 0.5) is 5.13 Å². The van der Waals surface area contributed by atoms with Crippen LogP contribution in [-0.2, 0) is 9.53 Å². The quantitative estimate of drug-likeness (QED) is 0.877. The molecular formula is C13H15ClN2O2S. The van der Waals surface area contributed by atoms with Crippen LogP contribution in [0.5, 0.6) is 0 Å². The van der Waals surface area contributed by atoms with Gasteiger partial charge in [-0.05, 0) is 18.1 Å². The number of esters is 1. The maximum Gasteiger partial charge on any atom is 0.328 e. The standard InChI is InChI=1S/C13H15ClN2O2S/c1-7(2)10(12(17)18-3)16-13-15-9-6-4-5-8(14)11(9)19-13/h4-7,10H,1-3H3,(H,15,16). The second-order valence-electron chi connectivity index (χ2n) is 4.50. The third-order valence-corrected chi connectivity index (χ3v) is 4.23. The van der Waals surface area contributed by atoms with Crippen molar-refractivity contribution in [1.29, 1.82) is 0 Å². The van der Waals surface area contributed by atoms with E-state index in [-0.39, 0.29) is 11.9 Å². The molecule has 0 bridgehead atoms. The van der Waals surface area contributed by atoms with E-state index in [1.54, 1.807) is 0 Å². The summed E-state index contributed by atoms with van der Waals surface area (Å²) in [4.78, 5) is 16.1. The van der Waals surface area contributed by atoms with Gasteiger partial charge in [0, 0.05) is 0 Å². The van der Waals surface area contributed by atoms with Gasteiger partial charge in [-0.25, -0.2) is 9.78 Å². The predicted molar refractivity (Wildman–Crippen MR) is 78.9 cm³/mol. The molecule has 1 N–H and O–H groups in total. The Labute approximate surface area is 120 Å². The van der Waals surface area contributed by atoms with Crippen LogP contribution >= 0.6 is 22.9 Å². The normalized spacial score (nSPS) is 12.7. The van der Waals surface area contributed by atoms with E-state index in [2.05, 4.69) is 10.3 Å². The van der Waals surface area contributed by atoms with Crippen LogP contribution in [0.2, 0.25) is 5.02 Å². The molecule has 0 spiro atoms. The molecule has 0 saturated heterocycles. The van der Waals surface area contributed by atoms with E-state index in [0.717, 1.165) is 10.2 Å². The van der Waals surface area contributed by atoms with E-state index < -0.39 is 6.04 Å². The molecule has 2 rings (SSSR count). The highest BCUT2D eigenvalue weighted by Crippen LogP contribution is 2.32. The first-order chi connectivity index (χ1) is 9.02. The summed E-state index contributed by atoms with van der Waals surface area (Å²) in [6.07, 6.45) is 0. The summed E-state index contributed by atoms with van der Waals surface area (Å²) in [5.74, 6) is -0.185. The molecule has 2 aromatic rings. The Bertz CT molecular complexity index is 597. The largest absolute Gasteiger partial charge is 0.467 e. The fourth-order valence-electron chi connectivity index (χ4n) is 1.73. The minimum absolute atomic E-state index is 0.106. The number of carbonyl (C=O) groups excluding carboxylic acids is 1. The van der Waals surface area contributed by atoms with Gasteiger partial charge >= 0.3 is 5.97 Å². The number of ether oxygens (including phenoxy) is 1. The van der Waals surface area contributed by atoms with Crippen molar-refractivity contribution in [2.45, 2.75) is 19.9 Å². The summed E-state index contributed by atoms with van der Waals surface area (Å²) in [5, 5.41) is 4.46. The summed E-state index contributed by atoms with van der Waals surface area (Å²) in [5.41, 5.74) is 0.826. The lowest BCUT2D eigenvalue weighted by molar-refractivity contribution is -0.142. The molecule has 1 aromatic carbocycles. The third kappa shape index (κ3) is 2.98. The van der Waals surface area contributed by atoms with Gasteiger partial charge in [-0.1, -0.05) is 42.9 Å². The number of nitrogens with zero attached hydrogens (tertiary/aromatic N) is 1. The Hall–Kier alpha value is -1.33. The van der Waals surface area contributed by atoms with E-state index in [1.807, 2.05) is 32.0 Å². The van der Waals surface area contributed by atoms with E-state index >= 15 is 0 Å². The zero-order chi connectivity index (χ0) is 14.0. The highest BCUT2D eigenvalue weighted by molar-refractivity contribution is 7.22. The van der Waals surface area contributed by atoms with Gasteiger partial charge in [0.15, 0.2) is 5.13 Å². The molecule has 0 radical (unpaired) electrons. The van der Waals surface area contributed by atoms with Crippen molar-refractivity contribution in [3.05, 3.63) is 23.2 Å². The van der Waals surface area contributed by atoms with Gasteiger partial charge in [0.25, 0.3) is 0 Å². The Morgan fingerprint density at radius 1 is 1.47 bits per heavy atom. The number of carbonyl (C=O) groups is 1. The molecule has 0 aliphatic rings. The number of benzene rings is 1. The van der Waals surface area contributed by atoms with Gasteiger partial charge < -0.3 is 10.1 Å². The van der Waals surface area contributed by atoms with E-state index in [0.29, 0.717) is 10.2 Å². The topological polar surface area (TPSA) is 51.2 Å². The predicted octanol–water partition coefficient (Wildman–Crippen LogP) is 3.56. The van der Waals surface area contributed by atoms with Crippen molar-refractivity contribution in [3.8, 4) is 0 Å². The molecular weight excluding hydrogens is 284 g/mol. The highest BCUT2D eigenvalue weighted by atomic mass is 35.5. The summed E-state index contributed by atoms with van der Waals surface area (Å²) >= 11 is 7.55. The van der Waals surface area contributed by atoms with E-state index in [4.69, 9.17) is 16.3 Å². The third-order valence-electron chi connectivity index (χ3n) is 2.77. The van der Waals surface area contributed by atoms with Crippen LogP contribution in [0.3, 0.4) is 0 Å². The molecule has 0 fully saturated rings. The maximum atomic E-state index is 11.7. The van der Waals surface area contributed by atoms with Crippen LogP contribution < -0.4 is 5.32 Å². The minimum Gasteiger partial charge on any atom is -0.467 e.